The maximum absolute atomic E-state index is 12.7. The first-order valence-corrected chi connectivity index (χ1v) is 11.0. The monoisotopic (exact) mass is 428 g/mol. The quantitative estimate of drug-likeness (QED) is 0.564. The van der Waals surface area contributed by atoms with Crippen molar-refractivity contribution < 1.29 is 14.3 Å². The van der Waals surface area contributed by atoms with Crippen LogP contribution in [0.1, 0.15) is 36.5 Å². The Morgan fingerprint density at radius 3 is 2.00 bits per heavy atom. The molecule has 1 aliphatic carbocycles. The van der Waals surface area contributed by atoms with Gasteiger partial charge >= 0.3 is 6.09 Å². The topological polar surface area (TPSA) is 67.4 Å². The molecule has 2 amide bonds. The number of nitrogens with one attached hydrogen (secondary N) is 2. The molecule has 5 nitrogen and oxygen atoms in total. The number of benzene rings is 3. The Hall–Kier alpha value is -3.60. The highest BCUT2D eigenvalue weighted by molar-refractivity contribution is 5.86. The molecular weight excluding hydrogens is 400 g/mol. The highest BCUT2D eigenvalue weighted by Crippen LogP contribution is 2.44. The summed E-state index contributed by atoms with van der Waals surface area (Å²) in [7, 11) is 0. The highest BCUT2D eigenvalue weighted by Gasteiger charge is 2.30. The lowest BCUT2D eigenvalue weighted by atomic mass is 9.98. The summed E-state index contributed by atoms with van der Waals surface area (Å²) >= 11 is 0. The van der Waals surface area contributed by atoms with Crippen LogP contribution >= 0.6 is 0 Å². The molecule has 0 bridgehead atoms. The number of fused-ring (bicyclic) bond motifs is 3. The Morgan fingerprint density at radius 1 is 0.844 bits per heavy atom. The van der Waals surface area contributed by atoms with Gasteiger partial charge < -0.3 is 15.4 Å². The first-order chi connectivity index (χ1) is 15.5. The number of alkyl carbamates (subject to hydrolysis) is 1. The Bertz CT molecular complexity index is 1050. The van der Waals surface area contributed by atoms with E-state index >= 15 is 0 Å². The van der Waals surface area contributed by atoms with Crippen LogP contribution in [-0.2, 0) is 16.1 Å². The van der Waals surface area contributed by atoms with Crippen LogP contribution in [0.3, 0.4) is 0 Å². The largest absolute Gasteiger partial charge is 0.449 e. The third-order valence-corrected chi connectivity index (χ3v) is 5.88. The molecule has 1 aliphatic rings. The number of amides is 2. The molecule has 0 aliphatic heterocycles. The molecule has 4 rings (SSSR count). The molecule has 0 spiro atoms. The van der Waals surface area contributed by atoms with Crippen molar-refractivity contribution in [3.8, 4) is 11.1 Å². The van der Waals surface area contributed by atoms with E-state index in [0.717, 1.165) is 16.7 Å². The Labute approximate surface area is 188 Å². The SMILES string of the molecule is CC(C)[C@@H](NC(=O)OCC1c2ccccc2-c2ccccc21)C(=O)NCc1ccccc1. The molecule has 0 saturated carbocycles. The predicted molar refractivity (Wildman–Crippen MR) is 125 cm³/mol. The lowest BCUT2D eigenvalue weighted by Gasteiger charge is -2.22. The Morgan fingerprint density at radius 2 is 1.41 bits per heavy atom. The zero-order valence-corrected chi connectivity index (χ0v) is 18.4. The average Bonchev–Trinajstić information content (AvgIpc) is 3.14. The summed E-state index contributed by atoms with van der Waals surface area (Å²) in [5.41, 5.74) is 5.67. The Kier molecular flexibility index (Phi) is 6.55. The van der Waals surface area contributed by atoms with Crippen LogP contribution in [0, 0.1) is 5.92 Å². The molecule has 3 aromatic carbocycles. The molecule has 3 aromatic rings. The van der Waals surface area contributed by atoms with Crippen LogP contribution in [0.15, 0.2) is 78.9 Å². The molecule has 0 saturated heterocycles. The van der Waals surface area contributed by atoms with E-state index in [-0.39, 0.29) is 24.3 Å². The van der Waals surface area contributed by atoms with Crippen LogP contribution < -0.4 is 10.6 Å². The van der Waals surface area contributed by atoms with E-state index in [1.165, 1.54) is 11.1 Å². The van der Waals surface area contributed by atoms with E-state index in [4.69, 9.17) is 4.74 Å². The van der Waals surface area contributed by atoms with Gasteiger partial charge in [0.15, 0.2) is 0 Å². The van der Waals surface area contributed by atoms with Crippen molar-refractivity contribution in [2.45, 2.75) is 32.4 Å². The normalized spacial score (nSPS) is 13.2. The molecule has 32 heavy (non-hydrogen) atoms. The van der Waals surface area contributed by atoms with Crippen molar-refractivity contribution >= 4 is 12.0 Å². The summed E-state index contributed by atoms with van der Waals surface area (Å²) in [5.74, 6) is -0.318. The van der Waals surface area contributed by atoms with E-state index in [9.17, 15) is 9.59 Å². The number of ether oxygens (including phenoxy) is 1. The second kappa shape index (κ2) is 9.69. The highest BCUT2D eigenvalue weighted by atomic mass is 16.5. The number of rotatable bonds is 7. The minimum atomic E-state index is -0.672. The van der Waals surface area contributed by atoms with Crippen molar-refractivity contribution in [3.05, 3.63) is 95.6 Å². The van der Waals surface area contributed by atoms with Gasteiger partial charge in [-0.2, -0.15) is 0 Å². The van der Waals surface area contributed by atoms with Gasteiger partial charge in [0.2, 0.25) is 5.91 Å². The fourth-order valence-corrected chi connectivity index (χ4v) is 4.20. The maximum atomic E-state index is 12.7. The first kappa shape index (κ1) is 21.6. The summed E-state index contributed by atoms with van der Waals surface area (Å²) in [6, 6.07) is 25.4. The van der Waals surface area contributed by atoms with E-state index in [1.807, 2.05) is 68.4 Å². The molecule has 5 heteroatoms. The van der Waals surface area contributed by atoms with Crippen molar-refractivity contribution in [2.24, 2.45) is 5.92 Å². The van der Waals surface area contributed by atoms with Crippen molar-refractivity contribution in [3.63, 3.8) is 0 Å². The molecule has 0 radical (unpaired) electrons. The third kappa shape index (κ3) is 4.67. The van der Waals surface area contributed by atoms with Gasteiger partial charge in [-0.25, -0.2) is 4.79 Å². The standard InChI is InChI=1S/C27H28N2O3/c1-18(2)25(26(30)28-16-19-10-4-3-5-11-19)29-27(31)32-17-24-22-14-8-6-12-20(22)21-13-7-9-15-23(21)24/h3-15,18,24-25H,16-17H2,1-2H3,(H,28,30)(H,29,31)/t25-/m1/s1. The number of carbonyl (C=O) groups excluding carboxylic acids is 2. The minimum absolute atomic E-state index is 0.0162. The van der Waals surface area contributed by atoms with Gasteiger partial charge in [0.1, 0.15) is 12.6 Å². The lowest BCUT2D eigenvalue weighted by molar-refractivity contribution is -0.124. The van der Waals surface area contributed by atoms with Crippen molar-refractivity contribution in [2.75, 3.05) is 6.61 Å². The zero-order valence-electron chi connectivity index (χ0n) is 18.4. The van der Waals surface area contributed by atoms with Gasteiger partial charge in [0, 0.05) is 12.5 Å². The summed E-state index contributed by atoms with van der Waals surface area (Å²) in [6.45, 7) is 4.43. The van der Waals surface area contributed by atoms with Gasteiger partial charge in [-0.3, -0.25) is 4.79 Å². The first-order valence-electron chi connectivity index (χ1n) is 11.0. The number of hydrogen-bond acceptors (Lipinski definition) is 3. The smallest absolute Gasteiger partial charge is 0.407 e. The van der Waals surface area contributed by atoms with E-state index in [1.54, 1.807) is 0 Å². The molecular formula is C27H28N2O3. The molecule has 0 fully saturated rings. The lowest BCUT2D eigenvalue weighted by Crippen LogP contribution is -2.49. The summed E-state index contributed by atoms with van der Waals surface area (Å²) in [6.07, 6.45) is -0.583. The van der Waals surface area contributed by atoms with Crippen LogP contribution in [-0.4, -0.2) is 24.6 Å². The molecule has 1 atom stereocenters. The fraction of sp³-hybridized carbons (Fsp3) is 0.259. The van der Waals surface area contributed by atoms with Gasteiger partial charge in [-0.05, 0) is 33.7 Å². The molecule has 0 heterocycles. The van der Waals surface area contributed by atoms with Gasteiger partial charge in [0.25, 0.3) is 0 Å². The summed E-state index contributed by atoms with van der Waals surface area (Å²) in [5, 5.41) is 5.65. The summed E-state index contributed by atoms with van der Waals surface area (Å²) < 4.78 is 5.60. The van der Waals surface area contributed by atoms with Crippen molar-refractivity contribution in [1.29, 1.82) is 0 Å². The van der Waals surface area contributed by atoms with Crippen LogP contribution in [0.4, 0.5) is 4.79 Å². The molecule has 2 N–H and O–H groups in total. The number of carbonyl (C=O) groups is 2. The Balaban J connectivity index is 1.37. The predicted octanol–water partition coefficient (Wildman–Crippen LogP) is 4.87. The maximum Gasteiger partial charge on any atom is 0.407 e. The zero-order chi connectivity index (χ0) is 22.5. The van der Waals surface area contributed by atoms with Gasteiger partial charge in [-0.1, -0.05) is 92.7 Å². The third-order valence-electron chi connectivity index (χ3n) is 5.88. The average molecular weight is 429 g/mol. The number of hydrogen-bond donors (Lipinski definition) is 2. The molecule has 164 valence electrons. The minimum Gasteiger partial charge on any atom is -0.449 e. The van der Waals surface area contributed by atoms with Crippen LogP contribution in [0.2, 0.25) is 0 Å². The molecule has 0 aromatic heterocycles. The van der Waals surface area contributed by atoms with E-state index < -0.39 is 12.1 Å². The van der Waals surface area contributed by atoms with E-state index in [0.29, 0.717) is 6.54 Å². The van der Waals surface area contributed by atoms with E-state index in [2.05, 4.69) is 34.9 Å². The fourth-order valence-electron chi connectivity index (χ4n) is 4.20. The van der Waals surface area contributed by atoms with Crippen LogP contribution in [0.5, 0.6) is 0 Å². The van der Waals surface area contributed by atoms with Gasteiger partial charge in [0.05, 0.1) is 0 Å². The molecule has 0 unspecified atom stereocenters. The van der Waals surface area contributed by atoms with Gasteiger partial charge in [-0.15, -0.1) is 0 Å². The van der Waals surface area contributed by atoms with Crippen molar-refractivity contribution in [1.82, 2.24) is 10.6 Å². The second-order valence-electron chi connectivity index (χ2n) is 8.39. The second-order valence-corrected chi connectivity index (χ2v) is 8.39. The van der Waals surface area contributed by atoms with Crippen LogP contribution in [0.25, 0.3) is 11.1 Å². The summed E-state index contributed by atoms with van der Waals surface area (Å²) in [4.78, 5) is 25.3.